The van der Waals surface area contributed by atoms with Gasteiger partial charge in [0, 0.05) is 36.8 Å². The maximum absolute atomic E-state index is 13.2. The van der Waals surface area contributed by atoms with Crippen LogP contribution in [-0.2, 0) is 17.8 Å². The van der Waals surface area contributed by atoms with E-state index in [0.717, 1.165) is 23.4 Å². The number of amides is 2. The van der Waals surface area contributed by atoms with Crippen LogP contribution in [0.4, 0.5) is 5.69 Å². The van der Waals surface area contributed by atoms with Crippen molar-refractivity contribution in [2.24, 2.45) is 5.92 Å². The Balaban J connectivity index is 1.31. The molecule has 2 aliphatic heterocycles. The first-order chi connectivity index (χ1) is 16.5. The van der Waals surface area contributed by atoms with Crippen molar-refractivity contribution in [2.45, 2.75) is 25.3 Å². The number of nitrogens with zero attached hydrogens (tertiary/aromatic N) is 2. The number of likely N-dealkylation sites (tertiary alicyclic amines) is 1. The smallest absolute Gasteiger partial charge is 0.274 e. The second-order valence-electron chi connectivity index (χ2n) is 9.04. The molecule has 2 amide bonds. The van der Waals surface area contributed by atoms with Gasteiger partial charge in [0.05, 0.1) is 13.5 Å². The van der Waals surface area contributed by atoms with E-state index in [4.69, 9.17) is 4.74 Å². The lowest BCUT2D eigenvalue weighted by Crippen LogP contribution is -2.49. The van der Waals surface area contributed by atoms with Gasteiger partial charge < -0.3 is 19.5 Å². The number of rotatable bonds is 5. The summed E-state index contributed by atoms with van der Waals surface area (Å²) < 4.78 is 6.93. The van der Waals surface area contributed by atoms with Gasteiger partial charge in [0.1, 0.15) is 11.4 Å². The van der Waals surface area contributed by atoms with Gasteiger partial charge in [-0.2, -0.15) is 0 Å². The largest absolute Gasteiger partial charge is 0.497 e. The number of methoxy groups -OCH3 is 1. The zero-order chi connectivity index (χ0) is 23.7. The Kier molecular flexibility index (Phi) is 5.92. The van der Waals surface area contributed by atoms with Gasteiger partial charge in [-0.3, -0.25) is 14.4 Å². The number of ether oxygens (including phenoxy) is 1. The van der Waals surface area contributed by atoms with Crippen LogP contribution < -0.4 is 15.6 Å². The molecule has 174 valence electrons. The SMILES string of the molecule is COc1ccc(CC(=O)Nc2ccc3n(c2=O)C[C@@H]2C[C@@H]3CN(C(=O)c3ccccc3)C2)cc1. The lowest BCUT2D eigenvalue weighted by molar-refractivity contribution is -0.115. The Morgan fingerprint density at radius 1 is 0.971 bits per heavy atom. The summed E-state index contributed by atoms with van der Waals surface area (Å²) in [7, 11) is 1.60. The standard InChI is InChI=1S/C27H27N3O4/c1-34-22-9-7-18(8-10-22)14-25(31)28-23-11-12-24-21-13-19(16-30(24)27(23)33)15-29(17-21)26(32)20-5-3-2-4-6-20/h2-12,19,21H,13-17H2,1H3,(H,28,31)/t19-,21-/m1/s1. The van der Waals surface area contributed by atoms with Crippen molar-refractivity contribution in [3.63, 3.8) is 0 Å². The summed E-state index contributed by atoms with van der Waals surface area (Å²) in [5.74, 6) is 0.845. The van der Waals surface area contributed by atoms with Crippen LogP contribution in [0.1, 0.15) is 34.0 Å². The van der Waals surface area contributed by atoms with Gasteiger partial charge in [0.25, 0.3) is 11.5 Å². The van der Waals surface area contributed by atoms with Gasteiger partial charge in [-0.05, 0) is 54.3 Å². The number of fused-ring (bicyclic) bond motifs is 4. The quantitative estimate of drug-likeness (QED) is 0.638. The van der Waals surface area contributed by atoms with Gasteiger partial charge in [-0.25, -0.2) is 0 Å². The number of carbonyl (C=O) groups excluding carboxylic acids is 2. The molecular weight excluding hydrogens is 430 g/mol. The third-order valence-electron chi connectivity index (χ3n) is 6.71. The molecule has 2 aromatic carbocycles. The molecule has 0 radical (unpaired) electrons. The molecule has 3 aromatic rings. The highest BCUT2D eigenvalue weighted by atomic mass is 16.5. The van der Waals surface area contributed by atoms with E-state index < -0.39 is 0 Å². The van der Waals surface area contributed by atoms with E-state index in [-0.39, 0.29) is 35.6 Å². The molecule has 1 aromatic heterocycles. The highest BCUT2D eigenvalue weighted by Crippen LogP contribution is 2.36. The molecule has 3 heterocycles. The summed E-state index contributed by atoms with van der Waals surface area (Å²) in [6, 6.07) is 20.2. The van der Waals surface area contributed by atoms with E-state index in [1.54, 1.807) is 29.9 Å². The van der Waals surface area contributed by atoms with Crippen molar-refractivity contribution in [3.05, 3.63) is 93.9 Å². The first kappa shape index (κ1) is 21.9. The number of nitrogens with one attached hydrogen (secondary N) is 1. The molecule has 2 bridgehead atoms. The Bertz CT molecular complexity index is 1270. The molecule has 34 heavy (non-hydrogen) atoms. The minimum absolute atomic E-state index is 0.0357. The van der Waals surface area contributed by atoms with Gasteiger partial charge in [-0.1, -0.05) is 30.3 Å². The van der Waals surface area contributed by atoms with Gasteiger partial charge in [0.2, 0.25) is 5.91 Å². The summed E-state index contributed by atoms with van der Waals surface area (Å²) in [5, 5.41) is 2.78. The van der Waals surface area contributed by atoms with Gasteiger partial charge in [0.15, 0.2) is 0 Å². The molecule has 7 heteroatoms. The van der Waals surface area contributed by atoms with E-state index >= 15 is 0 Å². The highest BCUT2D eigenvalue weighted by Gasteiger charge is 2.37. The topological polar surface area (TPSA) is 80.6 Å². The van der Waals surface area contributed by atoms with Crippen LogP contribution in [0.15, 0.2) is 71.5 Å². The average Bonchev–Trinajstić information content (AvgIpc) is 2.86. The molecule has 1 N–H and O–H groups in total. The predicted molar refractivity (Wildman–Crippen MR) is 129 cm³/mol. The fourth-order valence-electron chi connectivity index (χ4n) is 5.09. The van der Waals surface area contributed by atoms with Crippen LogP contribution in [0.3, 0.4) is 0 Å². The maximum Gasteiger partial charge on any atom is 0.274 e. The molecule has 1 fully saturated rings. The van der Waals surface area contributed by atoms with Crippen molar-refractivity contribution in [3.8, 4) is 5.75 Å². The molecular formula is C27H27N3O4. The molecule has 0 saturated carbocycles. The van der Waals surface area contributed by atoms with Crippen molar-refractivity contribution in [1.82, 2.24) is 9.47 Å². The zero-order valence-corrected chi connectivity index (χ0v) is 19.1. The minimum atomic E-state index is -0.238. The van der Waals surface area contributed by atoms with Crippen molar-refractivity contribution < 1.29 is 14.3 Å². The van der Waals surface area contributed by atoms with Crippen LogP contribution >= 0.6 is 0 Å². The van der Waals surface area contributed by atoms with E-state index in [0.29, 0.717) is 30.9 Å². The summed E-state index contributed by atoms with van der Waals surface area (Å²) in [5.41, 5.74) is 2.57. The Morgan fingerprint density at radius 2 is 1.74 bits per heavy atom. The Hall–Kier alpha value is -3.87. The lowest BCUT2D eigenvalue weighted by Gasteiger charge is -2.43. The summed E-state index contributed by atoms with van der Waals surface area (Å²) in [4.78, 5) is 40.7. The molecule has 0 spiro atoms. The fraction of sp³-hybridized carbons (Fsp3) is 0.296. The molecule has 1 saturated heterocycles. The lowest BCUT2D eigenvalue weighted by atomic mass is 9.83. The first-order valence-electron chi connectivity index (χ1n) is 11.5. The second kappa shape index (κ2) is 9.17. The average molecular weight is 458 g/mol. The number of hydrogen-bond donors (Lipinski definition) is 1. The third kappa shape index (κ3) is 4.33. The molecule has 2 atom stereocenters. The number of carbonyl (C=O) groups is 2. The predicted octanol–water partition coefficient (Wildman–Crippen LogP) is 3.30. The molecule has 5 rings (SSSR count). The van der Waals surface area contributed by atoms with E-state index in [1.165, 1.54) is 0 Å². The summed E-state index contributed by atoms with van der Waals surface area (Å²) in [6.45, 7) is 1.77. The first-order valence-corrected chi connectivity index (χ1v) is 11.5. The summed E-state index contributed by atoms with van der Waals surface area (Å²) >= 11 is 0. The second-order valence-corrected chi connectivity index (χ2v) is 9.04. The van der Waals surface area contributed by atoms with Crippen molar-refractivity contribution >= 4 is 17.5 Å². The third-order valence-corrected chi connectivity index (χ3v) is 6.71. The van der Waals surface area contributed by atoms with Crippen LogP contribution in [0, 0.1) is 5.92 Å². The number of anilines is 1. The van der Waals surface area contributed by atoms with Crippen LogP contribution in [0.5, 0.6) is 5.75 Å². The number of piperidine rings is 1. The van der Waals surface area contributed by atoms with E-state index in [2.05, 4.69) is 5.32 Å². The number of hydrogen-bond acceptors (Lipinski definition) is 4. The molecule has 7 nitrogen and oxygen atoms in total. The van der Waals surface area contributed by atoms with Crippen LogP contribution in [0.25, 0.3) is 0 Å². The monoisotopic (exact) mass is 457 g/mol. The Labute approximate surface area is 198 Å². The van der Waals surface area contributed by atoms with Crippen molar-refractivity contribution in [2.75, 3.05) is 25.5 Å². The van der Waals surface area contributed by atoms with Gasteiger partial charge >= 0.3 is 0 Å². The van der Waals surface area contributed by atoms with Crippen LogP contribution in [0.2, 0.25) is 0 Å². The number of aromatic nitrogens is 1. The number of pyridine rings is 1. The molecule has 0 aliphatic carbocycles. The minimum Gasteiger partial charge on any atom is -0.497 e. The van der Waals surface area contributed by atoms with Crippen LogP contribution in [-0.4, -0.2) is 41.5 Å². The van der Waals surface area contributed by atoms with E-state index in [9.17, 15) is 14.4 Å². The van der Waals surface area contributed by atoms with Crippen molar-refractivity contribution in [1.29, 1.82) is 0 Å². The normalized spacial score (nSPS) is 18.7. The summed E-state index contributed by atoms with van der Waals surface area (Å²) in [6.07, 6.45) is 1.13. The van der Waals surface area contributed by atoms with Gasteiger partial charge in [-0.15, -0.1) is 0 Å². The number of benzene rings is 2. The molecule has 2 aliphatic rings. The zero-order valence-electron chi connectivity index (χ0n) is 19.1. The van der Waals surface area contributed by atoms with E-state index in [1.807, 2.05) is 53.4 Å². The highest BCUT2D eigenvalue weighted by molar-refractivity contribution is 5.94. The fourth-order valence-corrected chi connectivity index (χ4v) is 5.09. The maximum atomic E-state index is 13.2. The molecule has 0 unspecified atom stereocenters. The Morgan fingerprint density at radius 3 is 2.47 bits per heavy atom.